The largest absolute Gasteiger partial charge is 0.477 e. The molecular weight excluding hydrogens is 284 g/mol. The van der Waals surface area contributed by atoms with Crippen LogP contribution in [0.15, 0.2) is 0 Å². The Balaban J connectivity index is 2.46. The first-order chi connectivity index (χ1) is 9.19. The van der Waals surface area contributed by atoms with Gasteiger partial charge in [0.1, 0.15) is 0 Å². The molecule has 1 rings (SSSR count). The van der Waals surface area contributed by atoms with Gasteiger partial charge in [-0.1, -0.05) is 32.1 Å². The molecule has 20 heavy (non-hydrogen) atoms. The van der Waals surface area contributed by atoms with Crippen LogP contribution in [0.4, 0.5) is 17.6 Å². The van der Waals surface area contributed by atoms with Crippen molar-refractivity contribution in [1.82, 2.24) is 0 Å². The van der Waals surface area contributed by atoms with E-state index in [0.717, 1.165) is 32.1 Å². The van der Waals surface area contributed by atoms with Gasteiger partial charge in [0.25, 0.3) is 0 Å². The van der Waals surface area contributed by atoms with E-state index in [1.54, 1.807) is 0 Å². The molecule has 116 valence electrons. The van der Waals surface area contributed by atoms with Crippen molar-refractivity contribution in [2.24, 2.45) is 5.92 Å². The van der Waals surface area contributed by atoms with E-state index in [4.69, 9.17) is 5.11 Å². The molecule has 0 aromatic heterocycles. The number of ether oxygens (including phenoxy) is 1. The Morgan fingerprint density at radius 3 is 2.10 bits per heavy atom. The number of esters is 1. The summed E-state index contributed by atoms with van der Waals surface area (Å²) in [7, 11) is 0. The second-order valence-corrected chi connectivity index (χ2v) is 4.88. The van der Waals surface area contributed by atoms with E-state index in [2.05, 4.69) is 4.74 Å². The summed E-state index contributed by atoms with van der Waals surface area (Å²) in [5.41, 5.74) is 0. The highest BCUT2D eigenvalue weighted by Crippen LogP contribution is 2.35. The number of carbonyl (C=O) groups excluding carboxylic acids is 1. The van der Waals surface area contributed by atoms with E-state index in [0.29, 0.717) is 6.42 Å². The third-order valence-corrected chi connectivity index (χ3v) is 3.40. The maximum absolute atomic E-state index is 13.0. The van der Waals surface area contributed by atoms with Crippen molar-refractivity contribution < 1.29 is 37.0 Å². The van der Waals surface area contributed by atoms with Gasteiger partial charge in [0.05, 0.1) is 6.61 Å². The molecule has 4 nitrogen and oxygen atoms in total. The van der Waals surface area contributed by atoms with Crippen molar-refractivity contribution in [1.29, 1.82) is 0 Å². The van der Waals surface area contributed by atoms with Crippen LogP contribution in [0.5, 0.6) is 0 Å². The van der Waals surface area contributed by atoms with E-state index < -0.39 is 30.4 Å². The second kappa shape index (κ2) is 6.41. The van der Waals surface area contributed by atoms with Gasteiger partial charge in [-0.05, 0) is 12.3 Å². The second-order valence-electron chi connectivity index (χ2n) is 4.88. The third-order valence-electron chi connectivity index (χ3n) is 3.40. The van der Waals surface area contributed by atoms with Crippen LogP contribution >= 0.6 is 0 Å². The molecule has 1 fully saturated rings. The highest BCUT2D eigenvalue weighted by molar-refractivity contribution is 5.89. The van der Waals surface area contributed by atoms with E-state index in [-0.39, 0.29) is 5.92 Å². The number of rotatable bonds is 6. The number of alkyl halides is 4. The van der Waals surface area contributed by atoms with E-state index in [1.807, 2.05) is 0 Å². The molecule has 1 aliphatic carbocycles. The molecule has 8 heteroatoms. The Hall–Kier alpha value is -1.34. The molecule has 1 aliphatic rings. The van der Waals surface area contributed by atoms with Gasteiger partial charge >= 0.3 is 23.8 Å². The molecule has 0 aliphatic heterocycles. The quantitative estimate of drug-likeness (QED) is 0.605. The lowest BCUT2D eigenvalue weighted by Gasteiger charge is -2.23. The van der Waals surface area contributed by atoms with Gasteiger partial charge in [-0.2, -0.15) is 17.6 Å². The summed E-state index contributed by atoms with van der Waals surface area (Å²) in [5, 5.41) is 8.02. The number of hydrogen-bond donors (Lipinski definition) is 1. The predicted molar refractivity (Wildman–Crippen MR) is 59.7 cm³/mol. The highest BCUT2D eigenvalue weighted by Gasteiger charge is 2.68. The van der Waals surface area contributed by atoms with E-state index >= 15 is 0 Å². The van der Waals surface area contributed by atoms with Crippen molar-refractivity contribution in [3.63, 3.8) is 0 Å². The number of carboxylic acids is 1. The fourth-order valence-corrected chi connectivity index (χ4v) is 2.15. The molecule has 0 atom stereocenters. The first-order valence-corrected chi connectivity index (χ1v) is 6.36. The number of hydrogen-bond acceptors (Lipinski definition) is 3. The topological polar surface area (TPSA) is 63.6 Å². The van der Waals surface area contributed by atoms with Gasteiger partial charge < -0.3 is 9.84 Å². The molecule has 0 unspecified atom stereocenters. The minimum atomic E-state index is -5.48. The van der Waals surface area contributed by atoms with Crippen LogP contribution in [-0.4, -0.2) is 35.5 Å². The zero-order chi connectivity index (χ0) is 15.4. The summed E-state index contributed by atoms with van der Waals surface area (Å²) >= 11 is 0. The van der Waals surface area contributed by atoms with Crippen LogP contribution in [0.2, 0.25) is 0 Å². The molecule has 0 bridgehead atoms. The molecular formula is C12H16F4O4. The maximum atomic E-state index is 13.0. The first-order valence-electron chi connectivity index (χ1n) is 6.36. The van der Waals surface area contributed by atoms with Gasteiger partial charge in [0.2, 0.25) is 0 Å². The number of halogens is 4. The third kappa shape index (κ3) is 3.61. The van der Waals surface area contributed by atoms with Gasteiger partial charge in [0.15, 0.2) is 0 Å². The normalized spacial score (nSPS) is 17.8. The lowest BCUT2D eigenvalue weighted by Crippen LogP contribution is -2.53. The van der Waals surface area contributed by atoms with E-state index in [1.165, 1.54) is 0 Å². The van der Waals surface area contributed by atoms with Crippen molar-refractivity contribution in [2.45, 2.75) is 50.4 Å². The Kier molecular flexibility index (Phi) is 5.35. The SMILES string of the molecule is O=C(O)C(F)(F)C(F)(F)C(=O)OCCC1CCCCC1. The predicted octanol–water partition coefficient (Wildman–Crippen LogP) is 2.86. The van der Waals surface area contributed by atoms with Gasteiger partial charge in [-0.3, -0.25) is 0 Å². The minimum absolute atomic E-state index is 0.227. The van der Waals surface area contributed by atoms with Crippen LogP contribution in [0.3, 0.4) is 0 Å². The molecule has 0 aromatic carbocycles. The molecule has 0 amide bonds. The van der Waals surface area contributed by atoms with Crippen molar-refractivity contribution in [3.05, 3.63) is 0 Å². The first kappa shape index (κ1) is 16.7. The Morgan fingerprint density at radius 2 is 1.60 bits per heavy atom. The van der Waals surface area contributed by atoms with E-state index in [9.17, 15) is 27.2 Å². The highest BCUT2D eigenvalue weighted by atomic mass is 19.3. The lowest BCUT2D eigenvalue weighted by atomic mass is 9.87. The van der Waals surface area contributed by atoms with Crippen LogP contribution in [-0.2, 0) is 14.3 Å². The molecule has 0 heterocycles. The van der Waals surface area contributed by atoms with Crippen LogP contribution in [0.25, 0.3) is 0 Å². The molecule has 0 saturated heterocycles. The summed E-state index contributed by atoms with van der Waals surface area (Å²) in [4.78, 5) is 21.0. The fraction of sp³-hybridized carbons (Fsp3) is 0.833. The van der Waals surface area contributed by atoms with Gasteiger partial charge in [0, 0.05) is 0 Å². The average molecular weight is 300 g/mol. The number of carbonyl (C=O) groups is 2. The molecule has 1 saturated carbocycles. The Morgan fingerprint density at radius 1 is 1.05 bits per heavy atom. The molecule has 0 spiro atoms. The summed E-state index contributed by atoms with van der Waals surface area (Å²) in [6.07, 6.45) is 5.20. The monoisotopic (exact) mass is 300 g/mol. The van der Waals surface area contributed by atoms with Crippen molar-refractivity contribution in [2.75, 3.05) is 6.61 Å². The number of aliphatic carboxylic acids is 1. The zero-order valence-electron chi connectivity index (χ0n) is 10.7. The van der Waals surface area contributed by atoms with Gasteiger partial charge in [-0.15, -0.1) is 0 Å². The maximum Gasteiger partial charge on any atom is 0.415 e. The summed E-state index contributed by atoms with van der Waals surface area (Å²) in [6.45, 7) is -0.408. The fourth-order valence-electron chi connectivity index (χ4n) is 2.15. The molecule has 0 radical (unpaired) electrons. The van der Waals surface area contributed by atoms with Crippen LogP contribution in [0, 0.1) is 5.92 Å². The Bertz CT molecular complexity index is 364. The molecule has 0 aromatic rings. The molecule has 1 N–H and O–H groups in total. The van der Waals surface area contributed by atoms with Crippen LogP contribution in [0.1, 0.15) is 38.5 Å². The average Bonchev–Trinajstić information content (AvgIpc) is 2.39. The zero-order valence-corrected chi connectivity index (χ0v) is 10.7. The smallest absolute Gasteiger partial charge is 0.415 e. The van der Waals surface area contributed by atoms with Gasteiger partial charge in [-0.25, -0.2) is 9.59 Å². The lowest BCUT2D eigenvalue weighted by molar-refractivity contribution is -0.234. The van der Waals surface area contributed by atoms with Crippen molar-refractivity contribution >= 4 is 11.9 Å². The number of carboxylic acid groups (broad SMARTS) is 1. The van der Waals surface area contributed by atoms with Crippen molar-refractivity contribution in [3.8, 4) is 0 Å². The summed E-state index contributed by atoms with van der Waals surface area (Å²) in [5.74, 6) is -16.2. The standard InChI is InChI=1S/C12H16F4O4/c13-11(14,9(17)18)12(15,16)10(19)20-7-6-8-4-2-1-3-5-8/h8H,1-7H2,(H,17,18). The van der Waals surface area contributed by atoms with Crippen LogP contribution < -0.4 is 0 Å². The Labute approximate surface area is 113 Å². The minimum Gasteiger partial charge on any atom is -0.477 e. The summed E-state index contributed by atoms with van der Waals surface area (Å²) in [6, 6.07) is 0. The summed E-state index contributed by atoms with van der Waals surface area (Å²) < 4.78 is 55.5.